The molecule has 0 spiro atoms. The van der Waals surface area contributed by atoms with E-state index >= 15 is 0 Å². The molecule has 0 unspecified atom stereocenters. The third-order valence-corrected chi connectivity index (χ3v) is 2.83. The summed E-state index contributed by atoms with van der Waals surface area (Å²) in [7, 11) is 1.32. The van der Waals surface area contributed by atoms with E-state index in [0.29, 0.717) is 11.2 Å². The van der Waals surface area contributed by atoms with Crippen LogP contribution in [0.3, 0.4) is 0 Å². The van der Waals surface area contributed by atoms with Gasteiger partial charge in [-0.3, -0.25) is 0 Å². The molecule has 0 amide bonds. The minimum absolute atomic E-state index is 0.270. The highest BCUT2D eigenvalue weighted by atomic mass is 79.9. The van der Waals surface area contributed by atoms with E-state index in [0.717, 1.165) is 9.86 Å². The van der Waals surface area contributed by atoms with Crippen molar-refractivity contribution in [2.75, 3.05) is 12.8 Å². The zero-order valence-electron chi connectivity index (χ0n) is 8.53. The Labute approximate surface area is 101 Å². The Kier molecular flexibility index (Phi) is 2.78. The maximum atomic E-state index is 11.3. The quantitative estimate of drug-likeness (QED) is 0.643. The van der Waals surface area contributed by atoms with Gasteiger partial charge in [-0.25, -0.2) is 9.78 Å². The lowest BCUT2D eigenvalue weighted by Crippen LogP contribution is -2.04. The number of hydrogen-bond acceptors (Lipinski definition) is 4. The molecule has 0 aliphatic heterocycles. The molecule has 1 heterocycles. The number of pyridine rings is 1. The number of rotatable bonds is 1. The molecule has 5 heteroatoms. The normalized spacial score (nSPS) is 10.4. The van der Waals surface area contributed by atoms with E-state index in [2.05, 4.69) is 25.7 Å². The van der Waals surface area contributed by atoms with Crippen molar-refractivity contribution in [3.63, 3.8) is 0 Å². The van der Waals surface area contributed by atoms with Crippen molar-refractivity contribution < 1.29 is 9.53 Å². The van der Waals surface area contributed by atoms with E-state index in [1.54, 1.807) is 24.3 Å². The van der Waals surface area contributed by atoms with Gasteiger partial charge in [-0.1, -0.05) is 15.9 Å². The second kappa shape index (κ2) is 4.09. The van der Waals surface area contributed by atoms with Crippen molar-refractivity contribution in [1.29, 1.82) is 0 Å². The van der Waals surface area contributed by atoms with Crippen LogP contribution in [0, 0.1) is 0 Å². The maximum absolute atomic E-state index is 11.3. The summed E-state index contributed by atoms with van der Waals surface area (Å²) in [6.07, 6.45) is 0. The number of halogens is 1. The zero-order valence-corrected chi connectivity index (χ0v) is 10.1. The highest BCUT2D eigenvalue weighted by Gasteiger charge is 2.10. The van der Waals surface area contributed by atoms with Crippen LogP contribution in [0.1, 0.15) is 10.5 Å². The van der Waals surface area contributed by atoms with Crippen molar-refractivity contribution in [3.8, 4) is 0 Å². The average Bonchev–Trinajstić information content (AvgIpc) is 2.28. The molecular weight excluding hydrogens is 272 g/mol. The zero-order chi connectivity index (χ0) is 11.7. The standard InChI is InChI=1S/C11H9BrN2O2/c1-16-11(15)10-5-8(12)7-4-6(13)2-3-9(7)14-10/h2-5H,13H2,1H3. The predicted molar refractivity (Wildman–Crippen MR) is 65.2 cm³/mol. The third kappa shape index (κ3) is 1.86. The molecule has 0 saturated heterocycles. The molecule has 1 aromatic heterocycles. The van der Waals surface area contributed by atoms with Crippen LogP contribution in [-0.2, 0) is 4.74 Å². The Hall–Kier alpha value is -1.62. The number of nitrogens with zero attached hydrogens (tertiary/aromatic N) is 1. The van der Waals surface area contributed by atoms with Gasteiger partial charge in [-0.05, 0) is 24.3 Å². The first-order valence-electron chi connectivity index (χ1n) is 4.56. The predicted octanol–water partition coefficient (Wildman–Crippen LogP) is 2.37. The Morgan fingerprint density at radius 2 is 2.19 bits per heavy atom. The molecule has 2 rings (SSSR count). The van der Waals surface area contributed by atoms with E-state index in [-0.39, 0.29) is 5.69 Å². The second-order valence-electron chi connectivity index (χ2n) is 3.26. The number of esters is 1. The van der Waals surface area contributed by atoms with Crippen LogP contribution in [0.15, 0.2) is 28.7 Å². The fraction of sp³-hybridized carbons (Fsp3) is 0.0909. The number of carbonyl (C=O) groups excluding carboxylic acids is 1. The molecule has 1 aromatic carbocycles. The van der Waals surface area contributed by atoms with Crippen LogP contribution in [0.2, 0.25) is 0 Å². The van der Waals surface area contributed by atoms with Gasteiger partial charge >= 0.3 is 5.97 Å². The first-order chi connectivity index (χ1) is 7.61. The number of nitrogens with two attached hydrogens (primary N) is 1. The maximum Gasteiger partial charge on any atom is 0.356 e. The van der Waals surface area contributed by atoms with Gasteiger partial charge in [0.2, 0.25) is 0 Å². The number of nitrogen functional groups attached to an aromatic ring is 1. The molecule has 0 saturated carbocycles. The lowest BCUT2D eigenvalue weighted by atomic mass is 10.2. The van der Waals surface area contributed by atoms with E-state index in [4.69, 9.17) is 5.73 Å². The average molecular weight is 281 g/mol. The van der Waals surface area contributed by atoms with Crippen molar-refractivity contribution in [2.45, 2.75) is 0 Å². The minimum Gasteiger partial charge on any atom is -0.464 e. The number of anilines is 1. The number of carbonyl (C=O) groups is 1. The van der Waals surface area contributed by atoms with Crippen LogP contribution in [0.4, 0.5) is 5.69 Å². The van der Waals surface area contributed by atoms with Crippen molar-refractivity contribution in [2.24, 2.45) is 0 Å². The molecule has 0 atom stereocenters. The van der Waals surface area contributed by atoms with Crippen molar-refractivity contribution >= 4 is 38.5 Å². The van der Waals surface area contributed by atoms with Gasteiger partial charge in [0.1, 0.15) is 5.69 Å². The summed E-state index contributed by atoms with van der Waals surface area (Å²) in [4.78, 5) is 15.5. The minimum atomic E-state index is -0.459. The second-order valence-corrected chi connectivity index (χ2v) is 4.11. The van der Waals surface area contributed by atoms with Crippen LogP contribution < -0.4 is 5.73 Å². The van der Waals surface area contributed by atoms with E-state index in [1.807, 2.05) is 0 Å². The van der Waals surface area contributed by atoms with Crippen LogP contribution in [0.25, 0.3) is 10.9 Å². The lowest BCUT2D eigenvalue weighted by molar-refractivity contribution is 0.0594. The van der Waals surface area contributed by atoms with Gasteiger partial charge in [-0.15, -0.1) is 0 Å². The molecule has 0 fully saturated rings. The summed E-state index contributed by atoms with van der Waals surface area (Å²) < 4.78 is 5.39. The van der Waals surface area contributed by atoms with E-state index in [9.17, 15) is 4.79 Å². The summed E-state index contributed by atoms with van der Waals surface area (Å²) >= 11 is 3.38. The van der Waals surface area contributed by atoms with Gasteiger partial charge in [0.25, 0.3) is 0 Å². The van der Waals surface area contributed by atoms with Gasteiger partial charge in [0.05, 0.1) is 12.6 Å². The lowest BCUT2D eigenvalue weighted by Gasteiger charge is -2.04. The Balaban J connectivity index is 2.68. The summed E-state index contributed by atoms with van der Waals surface area (Å²) in [5.41, 5.74) is 7.30. The van der Waals surface area contributed by atoms with E-state index < -0.39 is 5.97 Å². The summed E-state index contributed by atoms with van der Waals surface area (Å²) in [6, 6.07) is 6.92. The third-order valence-electron chi connectivity index (χ3n) is 2.18. The largest absolute Gasteiger partial charge is 0.464 e. The molecule has 0 aliphatic rings. The molecule has 2 aromatic rings. The number of fused-ring (bicyclic) bond motifs is 1. The fourth-order valence-corrected chi connectivity index (χ4v) is 1.95. The van der Waals surface area contributed by atoms with Gasteiger partial charge in [0.15, 0.2) is 0 Å². The molecule has 0 aliphatic carbocycles. The molecular formula is C11H9BrN2O2. The topological polar surface area (TPSA) is 65.2 Å². The van der Waals surface area contributed by atoms with Gasteiger partial charge in [0, 0.05) is 15.5 Å². The molecule has 16 heavy (non-hydrogen) atoms. The molecule has 0 bridgehead atoms. The van der Waals surface area contributed by atoms with Crippen LogP contribution in [0.5, 0.6) is 0 Å². The molecule has 4 nitrogen and oxygen atoms in total. The first-order valence-corrected chi connectivity index (χ1v) is 5.35. The molecule has 0 radical (unpaired) electrons. The summed E-state index contributed by atoms with van der Waals surface area (Å²) in [5, 5.41) is 0.868. The fourth-order valence-electron chi connectivity index (χ4n) is 1.41. The SMILES string of the molecule is COC(=O)c1cc(Br)c2cc(N)ccc2n1. The van der Waals surface area contributed by atoms with Gasteiger partial charge in [-0.2, -0.15) is 0 Å². The van der Waals surface area contributed by atoms with Crippen LogP contribution >= 0.6 is 15.9 Å². The number of ether oxygens (including phenoxy) is 1. The summed E-state index contributed by atoms with van der Waals surface area (Å²) in [6.45, 7) is 0. The number of hydrogen-bond donors (Lipinski definition) is 1. The molecule has 2 N–H and O–H groups in total. The Morgan fingerprint density at radius 1 is 1.44 bits per heavy atom. The highest BCUT2D eigenvalue weighted by molar-refractivity contribution is 9.10. The first kappa shape index (κ1) is 10.9. The summed E-state index contributed by atoms with van der Waals surface area (Å²) in [5.74, 6) is -0.459. The molecule has 82 valence electrons. The van der Waals surface area contributed by atoms with E-state index in [1.165, 1.54) is 7.11 Å². The van der Waals surface area contributed by atoms with Crippen molar-refractivity contribution in [3.05, 3.63) is 34.4 Å². The number of methoxy groups -OCH3 is 1. The monoisotopic (exact) mass is 280 g/mol. The number of benzene rings is 1. The Bertz CT molecular complexity index is 569. The van der Waals surface area contributed by atoms with Crippen LogP contribution in [-0.4, -0.2) is 18.1 Å². The highest BCUT2D eigenvalue weighted by Crippen LogP contribution is 2.25. The van der Waals surface area contributed by atoms with Gasteiger partial charge < -0.3 is 10.5 Å². The smallest absolute Gasteiger partial charge is 0.356 e. The van der Waals surface area contributed by atoms with Crippen molar-refractivity contribution in [1.82, 2.24) is 4.98 Å². The number of aromatic nitrogens is 1. The Morgan fingerprint density at radius 3 is 2.88 bits per heavy atom.